The molecule has 1 saturated heterocycles. The molecule has 0 amide bonds. The number of aromatic amines is 1. The number of H-pyrrole nitrogens is 1. The van der Waals surface area contributed by atoms with Crippen molar-refractivity contribution in [2.24, 2.45) is 0 Å². The molecule has 29 heavy (non-hydrogen) atoms. The summed E-state index contributed by atoms with van der Waals surface area (Å²) in [7, 11) is 1.76. The van der Waals surface area contributed by atoms with Crippen LogP contribution in [0.2, 0.25) is 0 Å². The fraction of sp³-hybridized carbons (Fsp3) is 0.375. The van der Waals surface area contributed by atoms with E-state index in [1.165, 1.54) is 5.56 Å². The van der Waals surface area contributed by atoms with Crippen LogP contribution in [0.15, 0.2) is 59.4 Å². The summed E-state index contributed by atoms with van der Waals surface area (Å²) < 4.78 is 17.4. The lowest BCUT2D eigenvalue weighted by Gasteiger charge is -2.37. The van der Waals surface area contributed by atoms with Gasteiger partial charge in [0.05, 0.1) is 6.61 Å². The van der Waals surface area contributed by atoms with E-state index in [1.807, 2.05) is 31.2 Å². The van der Waals surface area contributed by atoms with E-state index < -0.39 is 0 Å². The molecule has 1 N–H and O–H groups in total. The van der Waals surface area contributed by atoms with Gasteiger partial charge in [0, 0.05) is 37.3 Å². The molecule has 2 heterocycles. The summed E-state index contributed by atoms with van der Waals surface area (Å²) in [6.45, 7) is 4.23. The lowest BCUT2D eigenvalue weighted by atomic mass is 9.75. The summed E-state index contributed by atoms with van der Waals surface area (Å²) in [5, 5.41) is 0.993. The van der Waals surface area contributed by atoms with Crippen LogP contribution in [0, 0.1) is 0 Å². The lowest BCUT2D eigenvalue weighted by molar-refractivity contribution is 0.0135. The molecule has 2 aromatic carbocycles. The Hall–Kier alpha value is -2.63. The van der Waals surface area contributed by atoms with E-state index in [1.54, 1.807) is 13.2 Å². The first-order chi connectivity index (χ1) is 14.1. The van der Waals surface area contributed by atoms with Crippen LogP contribution in [0.25, 0.3) is 10.9 Å². The van der Waals surface area contributed by atoms with Crippen LogP contribution in [-0.4, -0.2) is 31.9 Å². The van der Waals surface area contributed by atoms with Crippen molar-refractivity contribution in [1.29, 1.82) is 0 Å². The molecule has 1 aliphatic rings. The van der Waals surface area contributed by atoms with Gasteiger partial charge in [0.15, 0.2) is 0 Å². The minimum atomic E-state index is -0.116. The SMILES string of the molecule is COCC1(c2cccc(OC(C)c3ccc4[nH]c(=O)ccc4c3)c2)CCOCC1. The van der Waals surface area contributed by atoms with Crippen molar-refractivity contribution in [2.45, 2.75) is 31.3 Å². The number of ether oxygens (including phenoxy) is 3. The van der Waals surface area contributed by atoms with E-state index in [-0.39, 0.29) is 17.1 Å². The zero-order valence-corrected chi connectivity index (χ0v) is 16.9. The first-order valence-corrected chi connectivity index (χ1v) is 10.1. The molecule has 152 valence electrons. The highest BCUT2D eigenvalue weighted by atomic mass is 16.5. The van der Waals surface area contributed by atoms with Crippen LogP contribution in [0.4, 0.5) is 0 Å². The van der Waals surface area contributed by atoms with Crippen molar-refractivity contribution in [2.75, 3.05) is 26.9 Å². The van der Waals surface area contributed by atoms with Crippen molar-refractivity contribution in [1.82, 2.24) is 4.98 Å². The Labute approximate surface area is 170 Å². The molecule has 1 aliphatic heterocycles. The molecule has 1 aromatic heterocycles. The molecular weight excluding hydrogens is 366 g/mol. The number of hydrogen-bond acceptors (Lipinski definition) is 4. The molecule has 0 spiro atoms. The van der Waals surface area contributed by atoms with Gasteiger partial charge in [0.25, 0.3) is 0 Å². The monoisotopic (exact) mass is 393 g/mol. The highest BCUT2D eigenvalue weighted by molar-refractivity contribution is 5.79. The molecule has 3 aromatic rings. The number of nitrogens with one attached hydrogen (secondary N) is 1. The van der Waals surface area contributed by atoms with Gasteiger partial charge in [-0.05, 0) is 66.6 Å². The van der Waals surface area contributed by atoms with Crippen LogP contribution in [-0.2, 0) is 14.9 Å². The van der Waals surface area contributed by atoms with Crippen LogP contribution >= 0.6 is 0 Å². The normalized spacial score (nSPS) is 17.2. The quantitative estimate of drug-likeness (QED) is 0.676. The van der Waals surface area contributed by atoms with E-state index in [0.29, 0.717) is 6.61 Å². The molecular formula is C24H27NO4. The van der Waals surface area contributed by atoms with Gasteiger partial charge in [-0.25, -0.2) is 0 Å². The minimum absolute atomic E-state index is 0.0234. The summed E-state index contributed by atoms with van der Waals surface area (Å²) in [5.41, 5.74) is 3.02. The van der Waals surface area contributed by atoms with E-state index in [2.05, 4.69) is 29.2 Å². The first kappa shape index (κ1) is 19.7. The maximum Gasteiger partial charge on any atom is 0.248 e. The van der Waals surface area contributed by atoms with E-state index in [9.17, 15) is 4.79 Å². The Morgan fingerprint density at radius 1 is 1.10 bits per heavy atom. The second-order valence-electron chi connectivity index (χ2n) is 7.78. The third kappa shape index (κ3) is 4.21. The Balaban J connectivity index is 1.57. The summed E-state index contributed by atoms with van der Waals surface area (Å²) in [6, 6.07) is 17.7. The standard InChI is InChI=1S/C24H27NO4/c1-17(18-6-8-22-19(14-18)7-9-23(26)25-22)29-21-5-3-4-20(15-21)24(16-27-2)10-12-28-13-11-24/h3-9,14-15,17H,10-13,16H2,1-2H3,(H,25,26). The number of methoxy groups -OCH3 is 1. The first-order valence-electron chi connectivity index (χ1n) is 10.1. The zero-order valence-electron chi connectivity index (χ0n) is 16.9. The molecule has 4 rings (SSSR count). The van der Waals surface area contributed by atoms with E-state index in [0.717, 1.165) is 48.3 Å². The van der Waals surface area contributed by atoms with E-state index >= 15 is 0 Å². The predicted octanol–water partition coefficient (Wildman–Crippen LogP) is 4.36. The van der Waals surface area contributed by atoms with Gasteiger partial charge < -0.3 is 19.2 Å². The number of rotatable bonds is 6. The second kappa shape index (κ2) is 8.39. The smallest absolute Gasteiger partial charge is 0.248 e. The average molecular weight is 393 g/mol. The van der Waals surface area contributed by atoms with Gasteiger partial charge in [-0.3, -0.25) is 4.79 Å². The van der Waals surface area contributed by atoms with Crippen LogP contribution < -0.4 is 10.3 Å². The highest BCUT2D eigenvalue weighted by Gasteiger charge is 2.34. The summed E-state index contributed by atoms with van der Waals surface area (Å²) in [5.74, 6) is 0.846. The molecule has 5 nitrogen and oxygen atoms in total. The fourth-order valence-electron chi connectivity index (χ4n) is 4.15. The molecule has 1 unspecified atom stereocenters. The Morgan fingerprint density at radius 3 is 2.72 bits per heavy atom. The lowest BCUT2D eigenvalue weighted by Crippen LogP contribution is -2.38. The summed E-state index contributed by atoms with van der Waals surface area (Å²) in [4.78, 5) is 14.3. The fourth-order valence-corrected chi connectivity index (χ4v) is 4.15. The van der Waals surface area contributed by atoms with Crippen molar-refractivity contribution >= 4 is 10.9 Å². The molecule has 0 radical (unpaired) electrons. The molecule has 0 aliphatic carbocycles. The number of hydrogen-bond donors (Lipinski definition) is 1. The van der Waals surface area contributed by atoms with Gasteiger partial charge in [0.2, 0.25) is 5.56 Å². The van der Waals surface area contributed by atoms with Crippen molar-refractivity contribution < 1.29 is 14.2 Å². The Bertz CT molecular complexity index is 1030. The average Bonchev–Trinajstić information content (AvgIpc) is 2.74. The molecule has 1 atom stereocenters. The minimum Gasteiger partial charge on any atom is -0.486 e. The van der Waals surface area contributed by atoms with Gasteiger partial charge in [-0.2, -0.15) is 0 Å². The van der Waals surface area contributed by atoms with E-state index in [4.69, 9.17) is 14.2 Å². The second-order valence-corrected chi connectivity index (χ2v) is 7.78. The van der Waals surface area contributed by atoms with Crippen molar-refractivity contribution in [3.05, 3.63) is 76.1 Å². The predicted molar refractivity (Wildman–Crippen MR) is 114 cm³/mol. The van der Waals surface area contributed by atoms with Crippen molar-refractivity contribution in [3.8, 4) is 5.75 Å². The third-order valence-electron chi connectivity index (χ3n) is 5.85. The number of pyridine rings is 1. The molecule has 1 fully saturated rings. The Kier molecular flexibility index (Phi) is 5.69. The molecule has 0 bridgehead atoms. The third-order valence-corrected chi connectivity index (χ3v) is 5.85. The van der Waals surface area contributed by atoms with Gasteiger partial charge >= 0.3 is 0 Å². The van der Waals surface area contributed by atoms with Crippen molar-refractivity contribution in [3.63, 3.8) is 0 Å². The maximum absolute atomic E-state index is 11.5. The van der Waals surface area contributed by atoms with Gasteiger partial charge in [-0.15, -0.1) is 0 Å². The molecule has 0 saturated carbocycles. The molecule has 5 heteroatoms. The van der Waals surface area contributed by atoms with Crippen LogP contribution in [0.5, 0.6) is 5.75 Å². The highest BCUT2D eigenvalue weighted by Crippen LogP contribution is 2.37. The van der Waals surface area contributed by atoms with Crippen LogP contribution in [0.3, 0.4) is 0 Å². The summed E-state index contributed by atoms with van der Waals surface area (Å²) >= 11 is 0. The van der Waals surface area contributed by atoms with Gasteiger partial charge in [-0.1, -0.05) is 18.2 Å². The summed E-state index contributed by atoms with van der Waals surface area (Å²) in [6.07, 6.45) is 1.78. The topological polar surface area (TPSA) is 60.5 Å². The Morgan fingerprint density at radius 2 is 1.93 bits per heavy atom. The largest absolute Gasteiger partial charge is 0.486 e. The zero-order chi connectivity index (χ0) is 20.3. The number of aromatic nitrogens is 1. The van der Waals surface area contributed by atoms with Gasteiger partial charge in [0.1, 0.15) is 11.9 Å². The maximum atomic E-state index is 11.5. The van der Waals surface area contributed by atoms with Crippen LogP contribution in [0.1, 0.15) is 37.0 Å². The number of benzene rings is 2. The number of fused-ring (bicyclic) bond motifs is 1.